The molecule has 178 valence electrons. The minimum absolute atomic E-state index is 0.0440. The molecule has 1 aliphatic carbocycles. The molecule has 2 heterocycles. The Hall–Kier alpha value is -3.60. The highest BCUT2D eigenvalue weighted by atomic mass is 19.1. The molecule has 1 fully saturated rings. The molecule has 5 heteroatoms. The van der Waals surface area contributed by atoms with Crippen molar-refractivity contribution in [1.29, 1.82) is 0 Å². The lowest BCUT2D eigenvalue weighted by molar-refractivity contribution is 0.0849. The van der Waals surface area contributed by atoms with Crippen molar-refractivity contribution in [2.24, 2.45) is 0 Å². The van der Waals surface area contributed by atoms with Crippen LogP contribution < -0.4 is 4.74 Å². The fourth-order valence-corrected chi connectivity index (χ4v) is 6.09. The van der Waals surface area contributed by atoms with Gasteiger partial charge in [-0.15, -0.1) is 0 Å². The van der Waals surface area contributed by atoms with Crippen molar-refractivity contribution in [2.45, 2.75) is 43.7 Å². The maximum absolute atomic E-state index is 14.1. The van der Waals surface area contributed by atoms with E-state index in [4.69, 9.17) is 9.47 Å². The zero-order chi connectivity index (χ0) is 23.9. The summed E-state index contributed by atoms with van der Waals surface area (Å²) < 4.78 is 25.1. The summed E-state index contributed by atoms with van der Waals surface area (Å²) in [4.78, 5) is 15.2. The number of halogens is 1. The van der Waals surface area contributed by atoms with Gasteiger partial charge in [0.15, 0.2) is 11.6 Å². The van der Waals surface area contributed by atoms with Gasteiger partial charge in [-0.05, 0) is 65.6 Å². The predicted octanol–water partition coefficient (Wildman–Crippen LogP) is 6.49. The maximum Gasteiger partial charge on any atom is 0.410 e. The van der Waals surface area contributed by atoms with E-state index in [0.717, 1.165) is 24.8 Å². The van der Waals surface area contributed by atoms with Crippen LogP contribution in [0.5, 0.6) is 5.75 Å². The molecule has 0 aromatic heterocycles. The van der Waals surface area contributed by atoms with E-state index in [2.05, 4.69) is 42.5 Å². The van der Waals surface area contributed by atoms with E-state index in [0.29, 0.717) is 13.0 Å². The van der Waals surface area contributed by atoms with Crippen LogP contribution in [0.25, 0.3) is 11.1 Å². The van der Waals surface area contributed by atoms with Gasteiger partial charge < -0.3 is 9.47 Å². The highest BCUT2D eigenvalue weighted by Crippen LogP contribution is 2.45. The minimum atomic E-state index is -0.343. The van der Waals surface area contributed by atoms with E-state index in [1.54, 1.807) is 12.1 Å². The van der Waals surface area contributed by atoms with Crippen LogP contribution in [-0.2, 0) is 11.2 Å². The Morgan fingerprint density at radius 3 is 2.37 bits per heavy atom. The number of carbonyl (C=O) groups is 1. The smallest absolute Gasteiger partial charge is 0.410 e. The van der Waals surface area contributed by atoms with Crippen LogP contribution in [0.1, 0.15) is 41.9 Å². The molecule has 2 atom stereocenters. The van der Waals surface area contributed by atoms with Gasteiger partial charge in [0.1, 0.15) is 6.61 Å². The van der Waals surface area contributed by atoms with E-state index in [1.165, 1.54) is 34.9 Å². The lowest BCUT2D eigenvalue weighted by atomic mass is 9.95. The lowest BCUT2D eigenvalue weighted by Gasteiger charge is -2.33. The molecule has 4 nitrogen and oxygen atoms in total. The highest BCUT2D eigenvalue weighted by Gasteiger charge is 2.41. The minimum Gasteiger partial charge on any atom is -0.494 e. The first-order valence-corrected chi connectivity index (χ1v) is 12.3. The molecule has 3 aliphatic rings. The highest BCUT2D eigenvalue weighted by molar-refractivity contribution is 5.79. The van der Waals surface area contributed by atoms with Gasteiger partial charge in [-0.3, -0.25) is 4.90 Å². The van der Waals surface area contributed by atoms with Crippen molar-refractivity contribution in [3.05, 3.63) is 101 Å². The third-order valence-corrected chi connectivity index (χ3v) is 7.67. The summed E-state index contributed by atoms with van der Waals surface area (Å²) in [6, 6.07) is 22.1. The fourth-order valence-electron chi connectivity index (χ4n) is 6.09. The molecule has 0 radical (unpaired) electrons. The number of nitrogens with zero attached hydrogens (tertiary/aromatic N) is 1. The molecular formula is C30H28FNO3. The van der Waals surface area contributed by atoms with Gasteiger partial charge in [0.2, 0.25) is 0 Å². The summed E-state index contributed by atoms with van der Waals surface area (Å²) in [7, 11) is 1.47. The lowest BCUT2D eigenvalue weighted by Crippen LogP contribution is -2.44. The average Bonchev–Trinajstić information content (AvgIpc) is 3.34. The van der Waals surface area contributed by atoms with Crippen molar-refractivity contribution in [3.63, 3.8) is 0 Å². The zero-order valence-corrected chi connectivity index (χ0v) is 19.7. The number of hydrogen-bond donors (Lipinski definition) is 0. The molecule has 2 unspecified atom stereocenters. The normalized spacial score (nSPS) is 20.3. The molecule has 0 spiro atoms. The second kappa shape index (κ2) is 8.88. The first kappa shape index (κ1) is 21.9. The summed E-state index contributed by atoms with van der Waals surface area (Å²) in [5.74, 6) is -0.0256. The first-order valence-electron chi connectivity index (χ1n) is 12.3. The van der Waals surface area contributed by atoms with Gasteiger partial charge >= 0.3 is 6.09 Å². The number of hydrogen-bond acceptors (Lipinski definition) is 3. The largest absolute Gasteiger partial charge is 0.494 e. The van der Waals surface area contributed by atoms with Crippen LogP contribution >= 0.6 is 0 Å². The van der Waals surface area contributed by atoms with E-state index < -0.39 is 0 Å². The number of amides is 1. The molecule has 35 heavy (non-hydrogen) atoms. The summed E-state index contributed by atoms with van der Waals surface area (Å²) >= 11 is 0. The molecule has 1 saturated heterocycles. The molecule has 3 aromatic rings. The van der Waals surface area contributed by atoms with Crippen molar-refractivity contribution in [1.82, 2.24) is 4.90 Å². The van der Waals surface area contributed by atoms with Crippen molar-refractivity contribution in [3.8, 4) is 16.9 Å². The van der Waals surface area contributed by atoms with Crippen LogP contribution in [0.4, 0.5) is 9.18 Å². The van der Waals surface area contributed by atoms with E-state index >= 15 is 0 Å². The van der Waals surface area contributed by atoms with Gasteiger partial charge in [0.25, 0.3) is 0 Å². The van der Waals surface area contributed by atoms with Gasteiger partial charge in [-0.25, -0.2) is 9.18 Å². The van der Waals surface area contributed by atoms with Crippen molar-refractivity contribution >= 4 is 6.09 Å². The van der Waals surface area contributed by atoms with Crippen molar-refractivity contribution < 1.29 is 18.7 Å². The number of carbonyl (C=O) groups excluding carboxylic acids is 1. The second-order valence-electron chi connectivity index (χ2n) is 9.68. The monoisotopic (exact) mass is 469 g/mol. The van der Waals surface area contributed by atoms with E-state index in [9.17, 15) is 9.18 Å². The summed E-state index contributed by atoms with van der Waals surface area (Å²) in [5.41, 5.74) is 7.07. The van der Waals surface area contributed by atoms with E-state index in [-0.39, 0.29) is 35.7 Å². The molecule has 0 saturated carbocycles. The number of rotatable bonds is 5. The molecule has 6 rings (SSSR count). The molecule has 1 amide bonds. The average molecular weight is 470 g/mol. The van der Waals surface area contributed by atoms with Crippen LogP contribution in [0, 0.1) is 5.82 Å². The zero-order valence-electron chi connectivity index (χ0n) is 19.7. The molecule has 3 aromatic carbocycles. The predicted molar refractivity (Wildman–Crippen MR) is 133 cm³/mol. The summed E-state index contributed by atoms with van der Waals surface area (Å²) in [6.45, 7) is 0.338. The summed E-state index contributed by atoms with van der Waals surface area (Å²) in [6.07, 6.45) is 5.35. The van der Waals surface area contributed by atoms with Gasteiger partial charge in [-0.1, -0.05) is 66.2 Å². The molecule has 2 aliphatic heterocycles. The SMILES string of the molecule is COc1ccc(CC2=CC3CCC(C2)N3C(=O)OCC2c3ccccc3-c3ccccc32)cc1F. The van der Waals surface area contributed by atoms with Gasteiger partial charge in [0, 0.05) is 12.0 Å². The van der Waals surface area contributed by atoms with Crippen LogP contribution in [0.2, 0.25) is 0 Å². The topological polar surface area (TPSA) is 38.8 Å². The number of benzene rings is 3. The van der Waals surface area contributed by atoms with Crippen molar-refractivity contribution in [2.75, 3.05) is 13.7 Å². The Labute approximate surface area is 205 Å². The molecule has 0 N–H and O–H groups in total. The summed E-state index contributed by atoms with van der Waals surface area (Å²) in [5, 5.41) is 0. The molecular weight excluding hydrogens is 441 g/mol. The third-order valence-electron chi connectivity index (χ3n) is 7.67. The number of fused-ring (bicyclic) bond motifs is 5. The Balaban J connectivity index is 1.15. The standard InChI is InChI=1S/C30H28FNO3/c1-34-29-13-10-19(17-28(29)31)14-20-15-21-11-12-22(16-20)32(21)30(33)35-18-27-25-8-4-2-6-23(25)24-7-3-5-9-26(24)27/h2-10,13,15,17,21-22,27H,11-12,14,16,18H2,1H3. The first-order chi connectivity index (χ1) is 17.1. The van der Waals surface area contributed by atoms with Crippen LogP contribution in [-0.4, -0.2) is 36.8 Å². The maximum atomic E-state index is 14.1. The second-order valence-corrected chi connectivity index (χ2v) is 9.68. The third kappa shape index (κ3) is 3.89. The Bertz CT molecular complexity index is 1270. The van der Waals surface area contributed by atoms with Crippen LogP contribution in [0.3, 0.4) is 0 Å². The molecule has 2 bridgehead atoms. The van der Waals surface area contributed by atoms with Crippen LogP contribution in [0.15, 0.2) is 78.4 Å². The number of ether oxygens (including phenoxy) is 2. The van der Waals surface area contributed by atoms with E-state index in [1.807, 2.05) is 23.1 Å². The quantitative estimate of drug-likeness (QED) is 0.401. The fraction of sp³-hybridized carbons (Fsp3) is 0.300. The van der Waals surface area contributed by atoms with Gasteiger partial charge in [0.05, 0.1) is 13.2 Å². The number of methoxy groups -OCH3 is 1. The Kier molecular flexibility index (Phi) is 5.56. The Morgan fingerprint density at radius 2 is 1.71 bits per heavy atom. The Morgan fingerprint density at radius 1 is 1.00 bits per heavy atom. The van der Waals surface area contributed by atoms with Gasteiger partial charge in [-0.2, -0.15) is 0 Å².